The summed E-state index contributed by atoms with van der Waals surface area (Å²) in [6, 6.07) is 12.3. The van der Waals surface area contributed by atoms with Crippen molar-refractivity contribution in [1.29, 1.82) is 0 Å². The smallest absolute Gasteiger partial charge is 0.191 e. The van der Waals surface area contributed by atoms with Gasteiger partial charge >= 0.3 is 0 Å². The van der Waals surface area contributed by atoms with E-state index in [1.54, 1.807) is 13.4 Å². The van der Waals surface area contributed by atoms with Crippen LogP contribution in [0.2, 0.25) is 0 Å². The lowest BCUT2D eigenvalue weighted by molar-refractivity contribution is 0.146. The number of hydrogen-bond acceptors (Lipinski definition) is 4. The minimum Gasteiger partial charge on any atom is -0.497 e. The van der Waals surface area contributed by atoms with Crippen LogP contribution in [0.1, 0.15) is 43.6 Å². The number of halogens is 1. The maximum Gasteiger partial charge on any atom is 0.191 e. The van der Waals surface area contributed by atoms with Gasteiger partial charge in [-0.3, -0.25) is 4.90 Å². The Kier molecular flexibility index (Phi) is 10.3. The number of benzene rings is 1. The second-order valence-electron chi connectivity index (χ2n) is 7.06. The Morgan fingerprint density at radius 2 is 2.00 bits per heavy atom. The van der Waals surface area contributed by atoms with E-state index in [1.165, 1.54) is 19.3 Å². The number of nitrogens with zero attached hydrogens (tertiary/aromatic N) is 2. The molecule has 2 N–H and O–H groups in total. The number of hydrogen-bond donors (Lipinski definition) is 2. The zero-order valence-corrected chi connectivity index (χ0v) is 19.7. The van der Waals surface area contributed by atoms with E-state index >= 15 is 0 Å². The largest absolute Gasteiger partial charge is 0.497 e. The molecule has 6 nitrogen and oxygen atoms in total. The topological polar surface area (TPSA) is 62.0 Å². The summed E-state index contributed by atoms with van der Waals surface area (Å²) < 4.78 is 11.0. The molecule has 0 bridgehead atoms. The van der Waals surface area contributed by atoms with E-state index in [0.717, 1.165) is 49.2 Å². The molecule has 1 atom stereocenters. The van der Waals surface area contributed by atoms with Gasteiger partial charge in [0.15, 0.2) is 5.96 Å². The van der Waals surface area contributed by atoms with Crippen LogP contribution in [-0.2, 0) is 6.54 Å². The van der Waals surface area contributed by atoms with Gasteiger partial charge in [0.2, 0.25) is 0 Å². The molecule has 1 aromatic heterocycles. The van der Waals surface area contributed by atoms with Crippen molar-refractivity contribution >= 4 is 29.9 Å². The second kappa shape index (κ2) is 12.7. The van der Waals surface area contributed by atoms with E-state index in [0.29, 0.717) is 6.54 Å². The lowest BCUT2D eigenvalue weighted by Gasteiger charge is -2.33. The van der Waals surface area contributed by atoms with E-state index in [4.69, 9.17) is 14.1 Å². The standard InChI is InChI=1S/C22H32N4O2.HI/c1-3-23-22(24-16-18-9-7-10-19(15-18)27-2)25-17-20(21-11-8-14-28-21)26-12-5-4-6-13-26;/h7-11,14-15,20H,3-6,12-13,16-17H2,1-2H3,(H2,23,24,25);1H. The van der Waals surface area contributed by atoms with Gasteiger partial charge in [-0.15, -0.1) is 24.0 Å². The van der Waals surface area contributed by atoms with Crippen LogP contribution in [0.4, 0.5) is 0 Å². The number of methoxy groups -OCH3 is 1. The number of rotatable bonds is 8. The van der Waals surface area contributed by atoms with Crippen LogP contribution >= 0.6 is 24.0 Å². The molecular weight excluding hydrogens is 479 g/mol. The van der Waals surface area contributed by atoms with E-state index in [1.807, 2.05) is 24.3 Å². The number of aliphatic imine (C=N–C) groups is 1. The summed E-state index contributed by atoms with van der Waals surface area (Å²) in [7, 11) is 1.68. The average Bonchev–Trinajstić information content (AvgIpc) is 3.27. The first-order chi connectivity index (χ1) is 13.8. The van der Waals surface area contributed by atoms with Gasteiger partial charge in [0.25, 0.3) is 0 Å². The van der Waals surface area contributed by atoms with Crippen molar-refractivity contribution in [3.63, 3.8) is 0 Å². The molecule has 1 aliphatic heterocycles. The zero-order chi connectivity index (χ0) is 19.6. The van der Waals surface area contributed by atoms with Gasteiger partial charge in [-0.05, 0) is 62.7 Å². The monoisotopic (exact) mass is 512 g/mol. The lowest BCUT2D eigenvalue weighted by Crippen LogP contribution is -2.44. The highest BCUT2D eigenvalue weighted by Crippen LogP contribution is 2.24. The molecule has 1 aliphatic rings. The summed E-state index contributed by atoms with van der Waals surface area (Å²) >= 11 is 0. The summed E-state index contributed by atoms with van der Waals surface area (Å²) in [5, 5.41) is 6.85. The molecule has 29 heavy (non-hydrogen) atoms. The molecule has 160 valence electrons. The van der Waals surface area contributed by atoms with E-state index < -0.39 is 0 Å². The minimum absolute atomic E-state index is 0. The Morgan fingerprint density at radius 3 is 2.69 bits per heavy atom. The molecule has 1 unspecified atom stereocenters. The average molecular weight is 512 g/mol. The zero-order valence-electron chi connectivity index (χ0n) is 17.4. The molecular formula is C22H33IN4O2. The molecule has 0 spiro atoms. The quantitative estimate of drug-likeness (QED) is 0.316. The molecule has 0 radical (unpaired) electrons. The molecule has 0 saturated carbocycles. The normalized spacial score (nSPS) is 16.0. The maximum absolute atomic E-state index is 5.74. The molecule has 0 aliphatic carbocycles. The van der Waals surface area contributed by atoms with Crippen molar-refractivity contribution in [2.75, 3.05) is 33.3 Å². The minimum atomic E-state index is 0. The van der Waals surface area contributed by atoms with Crippen LogP contribution in [-0.4, -0.2) is 44.1 Å². The fourth-order valence-electron chi connectivity index (χ4n) is 3.60. The Morgan fingerprint density at radius 1 is 1.17 bits per heavy atom. The maximum atomic E-state index is 5.74. The predicted octanol–water partition coefficient (Wildman–Crippen LogP) is 4.19. The molecule has 2 heterocycles. The molecule has 2 aromatic rings. The van der Waals surface area contributed by atoms with Gasteiger partial charge in [-0.2, -0.15) is 0 Å². The van der Waals surface area contributed by atoms with Crippen LogP contribution in [0, 0.1) is 0 Å². The van der Waals surface area contributed by atoms with Gasteiger partial charge < -0.3 is 19.8 Å². The van der Waals surface area contributed by atoms with Gasteiger partial charge in [0.05, 0.1) is 26.0 Å². The molecule has 3 rings (SSSR count). The molecule has 0 amide bonds. The van der Waals surface area contributed by atoms with Crippen LogP contribution in [0.5, 0.6) is 5.75 Å². The van der Waals surface area contributed by atoms with Crippen molar-refractivity contribution in [2.24, 2.45) is 4.99 Å². The highest BCUT2D eigenvalue weighted by molar-refractivity contribution is 14.0. The SMILES string of the molecule is CCNC(=NCc1cccc(OC)c1)NCC(c1ccco1)N1CCCCC1.I. The lowest BCUT2D eigenvalue weighted by atomic mass is 10.1. The van der Waals surface area contributed by atoms with E-state index in [9.17, 15) is 0 Å². The first-order valence-electron chi connectivity index (χ1n) is 10.2. The van der Waals surface area contributed by atoms with Crippen molar-refractivity contribution in [3.05, 3.63) is 54.0 Å². The Hall–Kier alpha value is -1.74. The van der Waals surface area contributed by atoms with Gasteiger partial charge in [0.1, 0.15) is 11.5 Å². The Balaban J connectivity index is 0.00000300. The van der Waals surface area contributed by atoms with Crippen LogP contribution < -0.4 is 15.4 Å². The fraction of sp³-hybridized carbons (Fsp3) is 0.500. The fourth-order valence-corrected chi connectivity index (χ4v) is 3.60. The number of ether oxygens (including phenoxy) is 1. The highest BCUT2D eigenvalue weighted by Gasteiger charge is 2.24. The van der Waals surface area contributed by atoms with Crippen LogP contribution in [0.25, 0.3) is 0 Å². The molecule has 1 aromatic carbocycles. The first kappa shape index (κ1) is 23.5. The summed E-state index contributed by atoms with van der Waals surface area (Å²) in [5.41, 5.74) is 1.12. The van der Waals surface area contributed by atoms with E-state index in [-0.39, 0.29) is 30.0 Å². The summed E-state index contributed by atoms with van der Waals surface area (Å²) in [6.07, 6.45) is 5.58. The number of furan rings is 1. The third kappa shape index (κ3) is 7.22. The molecule has 7 heteroatoms. The Labute approximate surface area is 191 Å². The van der Waals surface area contributed by atoms with Crippen LogP contribution in [0.3, 0.4) is 0 Å². The summed E-state index contributed by atoms with van der Waals surface area (Å²) in [6.45, 7) is 6.49. The number of nitrogens with one attached hydrogen (secondary N) is 2. The molecule has 1 saturated heterocycles. The van der Waals surface area contributed by atoms with Crippen molar-refractivity contribution < 1.29 is 9.15 Å². The first-order valence-corrected chi connectivity index (χ1v) is 10.2. The molecule has 1 fully saturated rings. The van der Waals surface area contributed by atoms with Gasteiger partial charge in [-0.25, -0.2) is 4.99 Å². The predicted molar refractivity (Wildman–Crippen MR) is 128 cm³/mol. The second-order valence-corrected chi connectivity index (χ2v) is 7.06. The summed E-state index contributed by atoms with van der Waals surface area (Å²) in [5.74, 6) is 2.69. The summed E-state index contributed by atoms with van der Waals surface area (Å²) in [4.78, 5) is 7.26. The van der Waals surface area contributed by atoms with E-state index in [2.05, 4.69) is 34.6 Å². The third-order valence-electron chi connectivity index (χ3n) is 5.06. The highest BCUT2D eigenvalue weighted by atomic mass is 127. The van der Waals surface area contributed by atoms with Gasteiger partial charge in [-0.1, -0.05) is 18.6 Å². The Bertz CT molecular complexity index is 730. The number of likely N-dealkylation sites (tertiary alicyclic amines) is 1. The van der Waals surface area contributed by atoms with Gasteiger partial charge in [0, 0.05) is 13.1 Å². The number of piperidine rings is 1. The van der Waals surface area contributed by atoms with Crippen molar-refractivity contribution in [3.8, 4) is 5.75 Å². The van der Waals surface area contributed by atoms with Crippen molar-refractivity contribution in [1.82, 2.24) is 15.5 Å². The third-order valence-corrected chi connectivity index (χ3v) is 5.06. The van der Waals surface area contributed by atoms with Crippen molar-refractivity contribution in [2.45, 2.75) is 38.8 Å². The number of guanidine groups is 1. The van der Waals surface area contributed by atoms with Crippen LogP contribution in [0.15, 0.2) is 52.1 Å².